The third-order valence-electron chi connectivity index (χ3n) is 3.88. The lowest BCUT2D eigenvalue weighted by Gasteiger charge is -2.16. The topological polar surface area (TPSA) is 85.8 Å². The predicted molar refractivity (Wildman–Crippen MR) is 99.7 cm³/mol. The summed E-state index contributed by atoms with van der Waals surface area (Å²) in [5.41, 5.74) is 7.33. The first-order chi connectivity index (χ1) is 12.5. The molecule has 2 aromatic heterocycles. The lowest BCUT2D eigenvalue weighted by Crippen LogP contribution is -2.41. The second-order valence-corrected chi connectivity index (χ2v) is 7.40. The molecule has 1 aromatic carbocycles. The molecule has 0 unspecified atom stereocenters. The van der Waals surface area contributed by atoms with Gasteiger partial charge in [-0.2, -0.15) is 5.10 Å². The molecule has 3 aromatic rings. The lowest BCUT2D eigenvalue weighted by molar-refractivity contribution is 0.0942. The van der Waals surface area contributed by atoms with Crippen molar-refractivity contribution in [3.63, 3.8) is 0 Å². The van der Waals surface area contributed by atoms with Crippen LogP contribution < -0.4 is 11.1 Å². The molecule has 26 heavy (non-hydrogen) atoms. The van der Waals surface area contributed by atoms with Gasteiger partial charge in [-0.1, -0.05) is 23.7 Å². The van der Waals surface area contributed by atoms with Crippen LogP contribution in [0.3, 0.4) is 0 Å². The van der Waals surface area contributed by atoms with Crippen molar-refractivity contribution in [1.82, 2.24) is 20.1 Å². The maximum absolute atomic E-state index is 13.0. The molecule has 2 heterocycles. The number of hydrogen-bond donors (Lipinski definition) is 2. The summed E-state index contributed by atoms with van der Waals surface area (Å²) in [7, 11) is 1.75. The quantitative estimate of drug-likeness (QED) is 0.674. The highest BCUT2D eigenvalue weighted by Gasteiger charge is 2.20. The molecule has 3 rings (SSSR count). The van der Waals surface area contributed by atoms with E-state index in [4.69, 9.17) is 17.3 Å². The van der Waals surface area contributed by atoms with E-state index in [0.717, 1.165) is 5.56 Å². The summed E-state index contributed by atoms with van der Waals surface area (Å²) in [4.78, 5) is 17.2. The molecule has 0 aliphatic heterocycles. The minimum Gasteiger partial charge on any atom is -0.347 e. The van der Waals surface area contributed by atoms with E-state index in [2.05, 4.69) is 15.4 Å². The summed E-state index contributed by atoms with van der Waals surface area (Å²) >= 11 is 7.44. The Kier molecular flexibility index (Phi) is 5.65. The maximum Gasteiger partial charge on any atom is 0.261 e. The van der Waals surface area contributed by atoms with Gasteiger partial charge in [-0.25, -0.2) is 14.1 Å². The van der Waals surface area contributed by atoms with Crippen LogP contribution in [0, 0.1) is 5.82 Å². The van der Waals surface area contributed by atoms with Crippen molar-refractivity contribution in [1.29, 1.82) is 0 Å². The van der Waals surface area contributed by atoms with Crippen molar-refractivity contribution in [2.75, 3.05) is 6.54 Å². The minimum atomic E-state index is -0.299. The summed E-state index contributed by atoms with van der Waals surface area (Å²) in [6.07, 6.45) is 1.94. The van der Waals surface area contributed by atoms with E-state index >= 15 is 0 Å². The van der Waals surface area contributed by atoms with Gasteiger partial charge in [-0.05, 0) is 30.2 Å². The van der Waals surface area contributed by atoms with Gasteiger partial charge in [-0.15, -0.1) is 11.3 Å². The van der Waals surface area contributed by atoms with Crippen LogP contribution in [0.4, 0.5) is 4.39 Å². The van der Waals surface area contributed by atoms with E-state index in [9.17, 15) is 9.18 Å². The Morgan fingerprint density at radius 3 is 2.77 bits per heavy atom. The van der Waals surface area contributed by atoms with Crippen LogP contribution in [0.15, 0.2) is 36.7 Å². The van der Waals surface area contributed by atoms with E-state index in [1.165, 1.54) is 29.8 Å². The first-order valence-corrected chi connectivity index (χ1v) is 9.06. The van der Waals surface area contributed by atoms with Crippen LogP contribution in [-0.4, -0.2) is 33.3 Å². The van der Waals surface area contributed by atoms with Crippen molar-refractivity contribution < 1.29 is 9.18 Å². The molecule has 1 amide bonds. The van der Waals surface area contributed by atoms with Crippen molar-refractivity contribution in [2.45, 2.75) is 12.5 Å². The van der Waals surface area contributed by atoms with E-state index in [1.807, 2.05) is 0 Å². The fourth-order valence-corrected chi connectivity index (χ4v) is 3.70. The van der Waals surface area contributed by atoms with Crippen LogP contribution in [0.5, 0.6) is 0 Å². The molecule has 9 heteroatoms. The first kappa shape index (κ1) is 18.5. The highest BCUT2D eigenvalue weighted by molar-refractivity contribution is 7.18. The Hall–Kier alpha value is -2.29. The van der Waals surface area contributed by atoms with Crippen LogP contribution in [0.25, 0.3) is 11.4 Å². The second-order valence-electron chi connectivity index (χ2n) is 5.74. The molecule has 1 atom stereocenters. The number of hydrogen-bond acceptors (Lipinski definition) is 5. The zero-order chi connectivity index (χ0) is 18.7. The van der Waals surface area contributed by atoms with Crippen molar-refractivity contribution in [3.8, 4) is 11.4 Å². The van der Waals surface area contributed by atoms with Gasteiger partial charge < -0.3 is 11.1 Å². The normalized spacial score (nSPS) is 12.2. The number of thiophene rings is 1. The summed E-state index contributed by atoms with van der Waals surface area (Å²) in [6.45, 7) is 0.262. The molecular formula is C17H17ClFN5OS. The van der Waals surface area contributed by atoms with Gasteiger partial charge in [0.25, 0.3) is 5.91 Å². The van der Waals surface area contributed by atoms with E-state index in [1.54, 1.807) is 29.9 Å². The molecule has 0 saturated carbocycles. The maximum atomic E-state index is 13.0. The molecule has 136 valence electrons. The van der Waals surface area contributed by atoms with Gasteiger partial charge in [-0.3, -0.25) is 4.79 Å². The monoisotopic (exact) mass is 393 g/mol. The number of nitrogens with one attached hydrogen (secondary N) is 1. The average molecular weight is 394 g/mol. The average Bonchev–Trinajstić information content (AvgIpc) is 3.21. The number of halogens is 2. The van der Waals surface area contributed by atoms with Crippen molar-refractivity contribution in [2.24, 2.45) is 12.8 Å². The summed E-state index contributed by atoms with van der Waals surface area (Å²) < 4.78 is 15.1. The molecule has 0 bridgehead atoms. The smallest absolute Gasteiger partial charge is 0.261 e. The van der Waals surface area contributed by atoms with Gasteiger partial charge in [0.2, 0.25) is 0 Å². The van der Waals surface area contributed by atoms with Gasteiger partial charge in [0.15, 0.2) is 5.82 Å². The van der Waals surface area contributed by atoms with Gasteiger partial charge >= 0.3 is 0 Å². The molecule has 0 spiro atoms. The number of rotatable bonds is 6. The Balaban J connectivity index is 1.72. The molecule has 6 nitrogen and oxygen atoms in total. The van der Waals surface area contributed by atoms with Crippen LogP contribution >= 0.6 is 22.9 Å². The van der Waals surface area contributed by atoms with Gasteiger partial charge in [0.05, 0.1) is 4.88 Å². The first-order valence-electron chi connectivity index (χ1n) is 7.87. The molecule has 0 radical (unpaired) electrons. The standard InChI is InChI=1S/C17H17ClFN5OS/c1-24-16(21-9-22-24)13-7-14(26-15(13)18)17(25)23-12(8-20)6-10-2-4-11(19)5-3-10/h2-5,7,9,12H,6,8,20H2,1H3,(H,23,25)/t12-/m0/s1. The van der Waals surface area contributed by atoms with Crippen molar-refractivity contribution >= 4 is 28.8 Å². The van der Waals surface area contributed by atoms with Gasteiger partial charge in [0, 0.05) is 25.2 Å². The number of aryl methyl sites for hydroxylation is 1. The fourth-order valence-electron chi connectivity index (χ4n) is 2.53. The zero-order valence-electron chi connectivity index (χ0n) is 13.9. The molecular weight excluding hydrogens is 377 g/mol. The third kappa shape index (κ3) is 4.09. The van der Waals surface area contributed by atoms with E-state index in [-0.39, 0.29) is 24.3 Å². The second kappa shape index (κ2) is 7.94. The molecule has 0 fully saturated rings. The summed E-state index contributed by atoms with van der Waals surface area (Å²) in [5.74, 6) is 0.0292. The fraction of sp³-hybridized carbons (Fsp3) is 0.235. The van der Waals surface area contributed by atoms with E-state index < -0.39 is 0 Å². The van der Waals surface area contributed by atoms with Crippen LogP contribution in [-0.2, 0) is 13.5 Å². The third-order valence-corrected chi connectivity index (χ3v) is 5.24. The highest BCUT2D eigenvalue weighted by atomic mass is 35.5. The number of carbonyl (C=O) groups is 1. The molecule has 0 aliphatic carbocycles. The Bertz CT molecular complexity index is 908. The molecule has 0 aliphatic rings. The number of benzene rings is 1. The largest absolute Gasteiger partial charge is 0.347 e. The summed E-state index contributed by atoms with van der Waals surface area (Å²) in [6, 6.07) is 7.55. The van der Waals surface area contributed by atoms with E-state index in [0.29, 0.717) is 27.0 Å². The Labute approximate surface area is 158 Å². The zero-order valence-corrected chi connectivity index (χ0v) is 15.5. The number of amides is 1. The number of nitrogens with zero attached hydrogens (tertiary/aromatic N) is 3. The number of aromatic nitrogens is 3. The predicted octanol–water partition coefficient (Wildman–Crippen LogP) is 2.64. The Morgan fingerprint density at radius 2 is 2.15 bits per heavy atom. The summed E-state index contributed by atoms with van der Waals surface area (Å²) in [5, 5.41) is 6.91. The molecule has 3 N–H and O–H groups in total. The minimum absolute atomic E-state index is 0.261. The number of nitrogens with two attached hydrogens (primary N) is 1. The van der Waals surface area contributed by atoms with Crippen molar-refractivity contribution in [3.05, 3.63) is 57.3 Å². The van der Waals surface area contributed by atoms with Crippen LogP contribution in [0.1, 0.15) is 15.2 Å². The van der Waals surface area contributed by atoms with Crippen LogP contribution in [0.2, 0.25) is 4.34 Å². The van der Waals surface area contributed by atoms with Gasteiger partial charge in [0.1, 0.15) is 16.5 Å². The SMILES string of the molecule is Cn1ncnc1-c1cc(C(=O)N[C@H](CN)Cc2ccc(F)cc2)sc1Cl. The molecule has 0 saturated heterocycles. The number of carbonyl (C=O) groups excluding carboxylic acids is 1. The lowest BCUT2D eigenvalue weighted by atomic mass is 10.1. The Morgan fingerprint density at radius 1 is 1.42 bits per heavy atom. The highest BCUT2D eigenvalue weighted by Crippen LogP contribution is 2.34.